The number of hydrogen-bond acceptors (Lipinski definition) is 3. The number of para-hydroxylation sites is 1. The summed E-state index contributed by atoms with van der Waals surface area (Å²) in [7, 11) is 2.17. The van der Waals surface area contributed by atoms with E-state index in [1.165, 1.54) is 10.9 Å². The number of carbonyl (C=O) groups excluding carboxylic acids is 1. The lowest BCUT2D eigenvalue weighted by Gasteiger charge is -2.34. The van der Waals surface area contributed by atoms with Gasteiger partial charge in [-0.25, -0.2) is 0 Å². The van der Waals surface area contributed by atoms with Crippen LogP contribution in [0.15, 0.2) is 18.2 Å². The summed E-state index contributed by atoms with van der Waals surface area (Å²) in [6, 6.07) is 6.49. The van der Waals surface area contributed by atoms with Crippen molar-refractivity contribution in [2.75, 3.05) is 39.8 Å². The van der Waals surface area contributed by atoms with Crippen molar-refractivity contribution < 1.29 is 4.79 Å². The predicted molar refractivity (Wildman–Crippen MR) is 108 cm³/mol. The Kier molecular flexibility index (Phi) is 5.99. The molecule has 5 heteroatoms. The van der Waals surface area contributed by atoms with Gasteiger partial charge in [0.1, 0.15) is 0 Å². The molecule has 142 valence electrons. The summed E-state index contributed by atoms with van der Waals surface area (Å²) in [4.78, 5) is 21.0. The highest BCUT2D eigenvalue weighted by Crippen LogP contribution is 2.25. The van der Waals surface area contributed by atoms with E-state index in [2.05, 4.69) is 66.1 Å². The van der Waals surface area contributed by atoms with Crippen LogP contribution in [0.3, 0.4) is 0 Å². The normalized spacial score (nSPS) is 17.5. The maximum absolute atomic E-state index is 12.7. The Bertz CT molecular complexity index is 759. The molecule has 0 unspecified atom stereocenters. The predicted octanol–water partition coefficient (Wildman–Crippen LogP) is 2.47. The topological polar surface area (TPSA) is 51.4 Å². The van der Waals surface area contributed by atoms with Crippen LogP contribution in [0.1, 0.15) is 30.2 Å². The third-order valence-electron chi connectivity index (χ3n) is 5.63. The average molecular weight is 357 g/mol. The summed E-state index contributed by atoms with van der Waals surface area (Å²) in [5.74, 6) is 0.122. The second kappa shape index (κ2) is 8.23. The van der Waals surface area contributed by atoms with Crippen LogP contribution in [0.2, 0.25) is 0 Å². The monoisotopic (exact) mass is 356 g/mol. The Morgan fingerprint density at radius 1 is 1.23 bits per heavy atom. The van der Waals surface area contributed by atoms with Gasteiger partial charge in [0.2, 0.25) is 5.91 Å². The molecule has 0 aliphatic carbocycles. The number of rotatable bonds is 6. The third kappa shape index (κ3) is 4.27. The zero-order valence-corrected chi connectivity index (χ0v) is 16.6. The smallest absolute Gasteiger partial charge is 0.224 e. The van der Waals surface area contributed by atoms with Crippen LogP contribution in [0.4, 0.5) is 0 Å². The molecule has 1 amide bonds. The van der Waals surface area contributed by atoms with Crippen molar-refractivity contribution in [3.63, 3.8) is 0 Å². The van der Waals surface area contributed by atoms with Crippen molar-refractivity contribution in [1.29, 1.82) is 0 Å². The fourth-order valence-electron chi connectivity index (χ4n) is 3.84. The van der Waals surface area contributed by atoms with Gasteiger partial charge >= 0.3 is 0 Å². The van der Waals surface area contributed by atoms with Crippen molar-refractivity contribution in [2.24, 2.45) is 0 Å². The molecule has 26 heavy (non-hydrogen) atoms. The number of nitrogens with zero attached hydrogens (tertiary/aromatic N) is 2. The fourth-order valence-corrected chi connectivity index (χ4v) is 3.84. The van der Waals surface area contributed by atoms with E-state index in [1.807, 2.05) is 0 Å². The zero-order valence-electron chi connectivity index (χ0n) is 16.6. The minimum atomic E-state index is 0.122. The molecule has 1 fully saturated rings. The van der Waals surface area contributed by atoms with Crippen LogP contribution in [0.25, 0.3) is 10.9 Å². The van der Waals surface area contributed by atoms with Crippen molar-refractivity contribution in [2.45, 2.75) is 39.7 Å². The van der Waals surface area contributed by atoms with Gasteiger partial charge in [0.05, 0.1) is 6.42 Å². The second-order valence-corrected chi connectivity index (χ2v) is 7.68. The number of fused-ring (bicyclic) bond motifs is 1. The van der Waals surface area contributed by atoms with Gasteiger partial charge in [-0.15, -0.1) is 0 Å². The molecular formula is C21H32N4O. The maximum Gasteiger partial charge on any atom is 0.224 e. The Morgan fingerprint density at radius 2 is 1.96 bits per heavy atom. The van der Waals surface area contributed by atoms with E-state index in [1.54, 1.807) is 0 Å². The first-order valence-electron chi connectivity index (χ1n) is 9.75. The van der Waals surface area contributed by atoms with Gasteiger partial charge in [-0.05, 0) is 38.4 Å². The van der Waals surface area contributed by atoms with E-state index in [4.69, 9.17) is 0 Å². The van der Waals surface area contributed by atoms with E-state index >= 15 is 0 Å². The highest BCUT2D eigenvalue weighted by Gasteiger charge is 2.20. The van der Waals surface area contributed by atoms with Crippen molar-refractivity contribution in [3.05, 3.63) is 35.0 Å². The number of carbonyl (C=O) groups is 1. The molecule has 0 radical (unpaired) electrons. The van der Waals surface area contributed by atoms with E-state index < -0.39 is 0 Å². The standard InChI is InChI=1S/C21H32N4O/c1-5-17(14-25-11-9-24(4)10-12-25)23-20(26)13-19-16(3)22-21-15(2)7-6-8-18(19)21/h6-8,17,22H,5,9-14H2,1-4H3,(H,23,26)/t17-/m1/s1. The molecule has 5 nitrogen and oxygen atoms in total. The van der Waals surface area contributed by atoms with Gasteiger partial charge in [-0.3, -0.25) is 9.69 Å². The van der Waals surface area contributed by atoms with Crippen LogP contribution < -0.4 is 5.32 Å². The molecule has 1 aromatic heterocycles. The van der Waals surface area contributed by atoms with Crippen LogP contribution in [-0.4, -0.2) is 66.5 Å². The molecule has 0 spiro atoms. The van der Waals surface area contributed by atoms with E-state index in [0.29, 0.717) is 6.42 Å². The van der Waals surface area contributed by atoms with Gasteiger partial charge in [0, 0.05) is 55.4 Å². The number of nitrogens with one attached hydrogen (secondary N) is 2. The molecule has 1 aliphatic heterocycles. The minimum Gasteiger partial charge on any atom is -0.358 e. The molecule has 2 aromatic rings. The van der Waals surface area contributed by atoms with E-state index in [9.17, 15) is 4.79 Å². The molecule has 1 aliphatic rings. The van der Waals surface area contributed by atoms with Crippen LogP contribution in [0.5, 0.6) is 0 Å². The van der Waals surface area contributed by atoms with Gasteiger partial charge in [0.15, 0.2) is 0 Å². The van der Waals surface area contributed by atoms with Gasteiger partial charge in [-0.1, -0.05) is 25.1 Å². The van der Waals surface area contributed by atoms with Gasteiger partial charge in [0.25, 0.3) is 0 Å². The van der Waals surface area contributed by atoms with Gasteiger partial charge < -0.3 is 15.2 Å². The number of piperazine rings is 1. The number of benzene rings is 1. The Morgan fingerprint density at radius 3 is 2.65 bits per heavy atom. The summed E-state index contributed by atoms with van der Waals surface area (Å²) >= 11 is 0. The SMILES string of the molecule is CC[C@H](CN1CCN(C)CC1)NC(=O)Cc1c(C)[nH]c2c(C)cccc12. The van der Waals surface area contributed by atoms with Crippen molar-refractivity contribution >= 4 is 16.8 Å². The number of hydrogen-bond donors (Lipinski definition) is 2. The Hall–Kier alpha value is -1.85. The van der Waals surface area contributed by atoms with Gasteiger partial charge in [-0.2, -0.15) is 0 Å². The highest BCUT2D eigenvalue weighted by molar-refractivity contribution is 5.91. The number of aryl methyl sites for hydroxylation is 2. The van der Waals surface area contributed by atoms with Crippen molar-refractivity contribution in [1.82, 2.24) is 20.1 Å². The molecule has 1 atom stereocenters. The number of amides is 1. The quantitative estimate of drug-likeness (QED) is 0.836. The maximum atomic E-state index is 12.7. The summed E-state index contributed by atoms with van der Waals surface area (Å²) < 4.78 is 0. The third-order valence-corrected chi connectivity index (χ3v) is 5.63. The first-order chi connectivity index (χ1) is 12.5. The minimum absolute atomic E-state index is 0.122. The second-order valence-electron chi connectivity index (χ2n) is 7.68. The fraction of sp³-hybridized carbons (Fsp3) is 0.571. The van der Waals surface area contributed by atoms with Crippen LogP contribution >= 0.6 is 0 Å². The van der Waals surface area contributed by atoms with Crippen LogP contribution in [0, 0.1) is 13.8 Å². The molecule has 0 bridgehead atoms. The first-order valence-corrected chi connectivity index (χ1v) is 9.75. The lowest BCUT2D eigenvalue weighted by Crippen LogP contribution is -2.50. The first kappa shape index (κ1) is 18.9. The average Bonchev–Trinajstić information content (AvgIpc) is 2.93. The molecule has 1 saturated heterocycles. The zero-order chi connectivity index (χ0) is 18.7. The lowest BCUT2D eigenvalue weighted by molar-refractivity contribution is -0.121. The Balaban J connectivity index is 1.62. The summed E-state index contributed by atoms with van der Waals surface area (Å²) in [6.45, 7) is 11.7. The molecular weight excluding hydrogens is 324 g/mol. The van der Waals surface area contributed by atoms with E-state index in [-0.39, 0.29) is 11.9 Å². The lowest BCUT2D eigenvalue weighted by atomic mass is 10.0. The number of H-pyrrole nitrogens is 1. The summed E-state index contributed by atoms with van der Waals surface area (Å²) in [5, 5.41) is 4.43. The summed E-state index contributed by atoms with van der Waals surface area (Å²) in [6.07, 6.45) is 1.40. The highest BCUT2D eigenvalue weighted by atomic mass is 16.1. The van der Waals surface area contributed by atoms with Crippen LogP contribution in [-0.2, 0) is 11.2 Å². The number of aromatic amines is 1. The number of likely N-dealkylation sites (N-methyl/N-ethyl adjacent to an activating group) is 1. The Labute approximate surface area is 156 Å². The molecule has 0 saturated carbocycles. The number of aromatic nitrogens is 1. The van der Waals surface area contributed by atoms with E-state index in [0.717, 1.165) is 55.9 Å². The molecule has 1 aromatic carbocycles. The molecule has 2 N–H and O–H groups in total. The summed E-state index contributed by atoms with van der Waals surface area (Å²) in [5.41, 5.74) is 4.59. The molecule has 2 heterocycles. The van der Waals surface area contributed by atoms with Crippen molar-refractivity contribution in [3.8, 4) is 0 Å². The molecule has 3 rings (SSSR count). The largest absolute Gasteiger partial charge is 0.358 e.